The second-order valence-electron chi connectivity index (χ2n) is 5.97. The van der Waals surface area contributed by atoms with Crippen LogP contribution in [0.1, 0.15) is 12.5 Å². The molecule has 28 heavy (non-hydrogen) atoms. The number of nitrogens with one attached hydrogen (secondary N) is 1. The van der Waals surface area contributed by atoms with Crippen LogP contribution in [0.15, 0.2) is 41.3 Å². The van der Waals surface area contributed by atoms with Gasteiger partial charge in [-0.3, -0.25) is 4.79 Å². The number of aromatic nitrogens is 1. The zero-order valence-corrected chi connectivity index (χ0v) is 17.3. The van der Waals surface area contributed by atoms with Gasteiger partial charge in [-0.05, 0) is 17.7 Å². The van der Waals surface area contributed by atoms with Gasteiger partial charge in [-0.1, -0.05) is 30.4 Å². The van der Waals surface area contributed by atoms with E-state index < -0.39 is 9.84 Å². The topological polar surface area (TPSA) is 94.6 Å². The van der Waals surface area contributed by atoms with E-state index in [1.807, 2.05) is 0 Å². The van der Waals surface area contributed by atoms with Gasteiger partial charge in [0, 0.05) is 12.1 Å². The third-order valence-electron chi connectivity index (χ3n) is 4.14. The largest absolute Gasteiger partial charge is 0.493 e. The standard InChI is InChI=1S/C19H20N2O5S2/c1-4-28(23,24)13-7-5-6-12(8-13)9-18(22)21-19-20-14-10-15(25-2)16(26-3)11-17(14)27-19/h5-8,10-11H,4,9H2,1-3H3,(H,20,21,22). The first-order valence-corrected chi connectivity index (χ1v) is 11.0. The number of hydrogen-bond donors (Lipinski definition) is 1. The fourth-order valence-electron chi connectivity index (χ4n) is 2.67. The lowest BCUT2D eigenvalue weighted by molar-refractivity contribution is -0.115. The summed E-state index contributed by atoms with van der Waals surface area (Å²) in [6.07, 6.45) is 0.0512. The summed E-state index contributed by atoms with van der Waals surface area (Å²) in [6.45, 7) is 1.59. The van der Waals surface area contributed by atoms with Crippen molar-refractivity contribution in [3.05, 3.63) is 42.0 Å². The molecule has 3 aromatic rings. The Kier molecular flexibility index (Phi) is 5.85. The van der Waals surface area contributed by atoms with Gasteiger partial charge < -0.3 is 14.8 Å². The van der Waals surface area contributed by atoms with E-state index in [9.17, 15) is 13.2 Å². The zero-order valence-electron chi connectivity index (χ0n) is 15.7. The minimum absolute atomic E-state index is 0.0152. The first-order valence-electron chi connectivity index (χ1n) is 8.50. The number of methoxy groups -OCH3 is 2. The number of rotatable bonds is 7. The Morgan fingerprint density at radius 2 is 1.86 bits per heavy atom. The van der Waals surface area contributed by atoms with Crippen molar-refractivity contribution < 1.29 is 22.7 Å². The monoisotopic (exact) mass is 420 g/mol. The number of amides is 1. The third kappa shape index (κ3) is 4.26. The molecule has 0 fully saturated rings. The Hall–Kier alpha value is -2.65. The first-order chi connectivity index (χ1) is 13.4. The smallest absolute Gasteiger partial charge is 0.230 e. The second-order valence-corrected chi connectivity index (χ2v) is 9.28. The van der Waals surface area contributed by atoms with Gasteiger partial charge >= 0.3 is 0 Å². The van der Waals surface area contributed by atoms with Crippen molar-refractivity contribution in [2.45, 2.75) is 18.2 Å². The van der Waals surface area contributed by atoms with Crippen LogP contribution in [0.3, 0.4) is 0 Å². The van der Waals surface area contributed by atoms with E-state index in [0.717, 1.165) is 4.70 Å². The highest BCUT2D eigenvalue weighted by Crippen LogP contribution is 2.36. The van der Waals surface area contributed by atoms with Crippen LogP contribution in [0.4, 0.5) is 5.13 Å². The van der Waals surface area contributed by atoms with E-state index in [-0.39, 0.29) is 23.0 Å². The molecule has 1 aromatic heterocycles. The molecule has 0 aliphatic carbocycles. The summed E-state index contributed by atoms with van der Waals surface area (Å²) in [6, 6.07) is 9.99. The average molecular weight is 421 g/mol. The van der Waals surface area contributed by atoms with Gasteiger partial charge in [0.1, 0.15) is 0 Å². The molecule has 0 radical (unpaired) electrons. The van der Waals surface area contributed by atoms with Crippen LogP contribution in [-0.2, 0) is 21.1 Å². The highest BCUT2D eigenvalue weighted by molar-refractivity contribution is 7.91. The molecule has 7 nitrogen and oxygen atoms in total. The summed E-state index contributed by atoms with van der Waals surface area (Å²) in [7, 11) is -0.209. The maximum atomic E-state index is 12.4. The lowest BCUT2D eigenvalue weighted by Crippen LogP contribution is -2.14. The highest BCUT2D eigenvalue weighted by Gasteiger charge is 2.15. The van der Waals surface area contributed by atoms with Gasteiger partial charge in [-0.2, -0.15) is 0 Å². The Labute approximate surface area is 167 Å². The molecule has 0 saturated carbocycles. The number of benzene rings is 2. The Morgan fingerprint density at radius 3 is 2.54 bits per heavy atom. The molecule has 3 rings (SSSR count). The third-order valence-corrected chi connectivity index (χ3v) is 6.81. The van der Waals surface area contributed by atoms with Crippen molar-refractivity contribution in [2.24, 2.45) is 0 Å². The van der Waals surface area contributed by atoms with Crippen molar-refractivity contribution >= 4 is 42.4 Å². The number of hydrogen-bond acceptors (Lipinski definition) is 7. The highest BCUT2D eigenvalue weighted by atomic mass is 32.2. The molecular formula is C19H20N2O5S2. The molecule has 0 unspecified atom stereocenters. The molecule has 0 aliphatic rings. The predicted octanol–water partition coefficient (Wildman–Crippen LogP) is 3.29. The van der Waals surface area contributed by atoms with Crippen molar-refractivity contribution in [3.63, 3.8) is 0 Å². The molecule has 0 bridgehead atoms. The van der Waals surface area contributed by atoms with Gasteiger partial charge in [0.2, 0.25) is 5.91 Å². The van der Waals surface area contributed by atoms with Gasteiger partial charge in [0.25, 0.3) is 0 Å². The fourth-order valence-corrected chi connectivity index (χ4v) is 4.52. The quantitative estimate of drug-likeness (QED) is 0.630. The van der Waals surface area contributed by atoms with Crippen molar-refractivity contribution in [1.29, 1.82) is 0 Å². The summed E-state index contributed by atoms with van der Waals surface area (Å²) >= 11 is 1.32. The van der Waals surface area contributed by atoms with Crippen LogP contribution in [0.2, 0.25) is 0 Å². The summed E-state index contributed by atoms with van der Waals surface area (Å²) in [4.78, 5) is 17.0. The van der Waals surface area contributed by atoms with Crippen LogP contribution < -0.4 is 14.8 Å². The van der Waals surface area contributed by atoms with Gasteiger partial charge in [0.05, 0.1) is 41.5 Å². The number of fused-ring (bicyclic) bond motifs is 1. The van der Waals surface area contributed by atoms with E-state index in [1.165, 1.54) is 23.5 Å². The number of anilines is 1. The van der Waals surface area contributed by atoms with Gasteiger partial charge in [-0.25, -0.2) is 13.4 Å². The predicted molar refractivity (Wildman–Crippen MR) is 109 cm³/mol. The zero-order chi connectivity index (χ0) is 20.3. The minimum Gasteiger partial charge on any atom is -0.493 e. The van der Waals surface area contributed by atoms with E-state index in [2.05, 4.69) is 10.3 Å². The summed E-state index contributed by atoms with van der Waals surface area (Å²) in [5.41, 5.74) is 1.31. The first kappa shape index (κ1) is 20.1. The summed E-state index contributed by atoms with van der Waals surface area (Å²) < 4.78 is 35.4. The molecule has 0 atom stereocenters. The molecular weight excluding hydrogens is 400 g/mol. The Balaban J connectivity index is 1.77. The number of sulfone groups is 1. The number of ether oxygens (including phenoxy) is 2. The van der Waals surface area contributed by atoms with Crippen LogP contribution in [0, 0.1) is 0 Å². The molecule has 2 aromatic carbocycles. The van der Waals surface area contributed by atoms with Crippen LogP contribution >= 0.6 is 11.3 Å². The molecule has 0 saturated heterocycles. The summed E-state index contributed by atoms with van der Waals surface area (Å²) in [5.74, 6) is 0.892. The average Bonchev–Trinajstić information content (AvgIpc) is 3.07. The molecule has 1 N–H and O–H groups in total. The normalized spacial score (nSPS) is 11.4. The molecule has 9 heteroatoms. The van der Waals surface area contributed by atoms with Gasteiger partial charge in [0.15, 0.2) is 26.5 Å². The number of carbonyl (C=O) groups excluding carboxylic acids is 1. The summed E-state index contributed by atoms with van der Waals surface area (Å²) in [5, 5.41) is 3.22. The molecule has 148 valence electrons. The van der Waals surface area contributed by atoms with E-state index in [4.69, 9.17) is 9.47 Å². The molecule has 0 spiro atoms. The maximum absolute atomic E-state index is 12.4. The Bertz CT molecular complexity index is 1080. The second kappa shape index (κ2) is 8.15. The van der Waals surface area contributed by atoms with Crippen LogP contribution in [0.5, 0.6) is 11.5 Å². The lowest BCUT2D eigenvalue weighted by atomic mass is 10.1. The van der Waals surface area contributed by atoms with Crippen molar-refractivity contribution in [2.75, 3.05) is 25.3 Å². The fraction of sp³-hybridized carbons (Fsp3) is 0.263. The van der Waals surface area contributed by atoms with E-state index in [0.29, 0.717) is 27.7 Å². The minimum atomic E-state index is -3.31. The van der Waals surface area contributed by atoms with Crippen molar-refractivity contribution in [3.8, 4) is 11.5 Å². The maximum Gasteiger partial charge on any atom is 0.230 e. The number of carbonyl (C=O) groups is 1. The molecule has 0 aliphatic heterocycles. The number of thiazole rings is 1. The Morgan fingerprint density at radius 1 is 1.14 bits per heavy atom. The van der Waals surface area contributed by atoms with E-state index in [1.54, 1.807) is 45.4 Å². The number of nitrogens with zero attached hydrogens (tertiary/aromatic N) is 1. The molecule has 1 amide bonds. The van der Waals surface area contributed by atoms with Crippen LogP contribution in [-0.4, -0.2) is 39.3 Å². The van der Waals surface area contributed by atoms with E-state index >= 15 is 0 Å². The van der Waals surface area contributed by atoms with Crippen LogP contribution in [0.25, 0.3) is 10.2 Å². The molecule has 1 heterocycles. The van der Waals surface area contributed by atoms with Crippen molar-refractivity contribution in [1.82, 2.24) is 4.98 Å². The van der Waals surface area contributed by atoms with Gasteiger partial charge in [-0.15, -0.1) is 0 Å². The lowest BCUT2D eigenvalue weighted by Gasteiger charge is -2.05. The SMILES string of the molecule is CCS(=O)(=O)c1cccc(CC(=O)Nc2nc3cc(OC)c(OC)cc3s2)c1.